The Morgan fingerprint density at radius 1 is 1.30 bits per heavy atom. The van der Waals surface area contributed by atoms with E-state index in [2.05, 4.69) is 21.7 Å². The molecule has 104 valence electrons. The van der Waals surface area contributed by atoms with Gasteiger partial charge < -0.3 is 5.32 Å². The number of aryl methyl sites for hydroxylation is 1. The van der Waals surface area contributed by atoms with Gasteiger partial charge in [0.15, 0.2) is 0 Å². The van der Waals surface area contributed by atoms with Crippen LogP contribution in [0.5, 0.6) is 0 Å². The van der Waals surface area contributed by atoms with Crippen LogP contribution in [0.3, 0.4) is 0 Å². The number of carbonyl (C=O) groups is 1. The fraction of sp³-hybridized carbons (Fsp3) is 0.312. The molecule has 0 atom stereocenters. The van der Waals surface area contributed by atoms with Crippen LogP contribution >= 0.6 is 11.3 Å². The molecule has 1 aliphatic heterocycles. The number of carbonyl (C=O) groups excluding carboxylic acids is 1. The zero-order valence-corrected chi connectivity index (χ0v) is 12.4. The van der Waals surface area contributed by atoms with Gasteiger partial charge in [0.2, 0.25) is 5.91 Å². The van der Waals surface area contributed by atoms with Gasteiger partial charge in [-0.05, 0) is 42.5 Å². The Hall–Kier alpha value is -1.65. The van der Waals surface area contributed by atoms with Crippen molar-refractivity contribution in [3.05, 3.63) is 51.7 Å². The van der Waals surface area contributed by atoms with E-state index in [4.69, 9.17) is 0 Å². The predicted octanol–water partition coefficient (Wildman–Crippen LogP) is 3.05. The standard InChI is InChI=1S/C16H18N2OS/c1-12-2-4-14(5-3-12)17-16(19)11-18-8-6-15-13(10-18)7-9-20-15/h2-5,7,9H,6,8,10-11H2,1H3,(H,17,19). The summed E-state index contributed by atoms with van der Waals surface area (Å²) in [4.78, 5) is 15.7. The summed E-state index contributed by atoms with van der Waals surface area (Å²) in [6, 6.07) is 10.1. The minimum atomic E-state index is 0.0625. The summed E-state index contributed by atoms with van der Waals surface area (Å²) in [6.45, 7) is 4.36. The van der Waals surface area contributed by atoms with E-state index in [0.717, 1.165) is 25.2 Å². The maximum Gasteiger partial charge on any atom is 0.238 e. The Morgan fingerprint density at radius 2 is 2.10 bits per heavy atom. The zero-order valence-electron chi connectivity index (χ0n) is 11.6. The van der Waals surface area contributed by atoms with Gasteiger partial charge in [-0.1, -0.05) is 17.7 Å². The summed E-state index contributed by atoms with van der Waals surface area (Å²) in [5, 5.41) is 5.10. The van der Waals surface area contributed by atoms with E-state index in [1.807, 2.05) is 42.5 Å². The zero-order chi connectivity index (χ0) is 13.9. The van der Waals surface area contributed by atoms with Crippen molar-refractivity contribution in [1.82, 2.24) is 4.90 Å². The molecule has 1 amide bonds. The van der Waals surface area contributed by atoms with Crippen molar-refractivity contribution in [1.29, 1.82) is 0 Å². The molecule has 0 radical (unpaired) electrons. The summed E-state index contributed by atoms with van der Waals surface area (Å²) in [7, 11) is 0. The highest BCUT2D eigenvalue weighted by Crippen LogP contribution is 2.23. The van der Waals surface area contributed by atoms with Crippen molar-refractivity contribution in [2.75, 3.05) is 18.4 Å². The highest BCUT2D eigenvalue weighted by atomic mass is 32.1. The topological polar surface area (TPSA) is 32.3 Å². The molecule has 0 unspecified atom stereocenters. The highest BCUT2D eigenvalue weighted by molar-refractivity contribution is 7.10. The number of nitrogens with zero attached hydrogens (tertiary/aromatic N) is 1. The lowest BCUT2D eigenvalue weighted by atomic mass is 10.1. The van der Waals surface area contributed by atoms with Gasteiger partial charge in [0.1, 0.15) is 0 Å². The number of amides is 1. The molecule has 0 spiro atoms. The van der Waals surface area contributed by atoms with Crippen molar-refractivity contribution in [2.45, 2.75) is 19.9 Å². The van der Waals surface area contributed by atoms with Crippen LogP contribution in [0.1, 0.15) is 16.0 Å². The molecule has 0 saturated heterocycles. The summed E-state index contributed by atoms with van der Waals surface area (Å²) < 4.78 is 0. The number of hydrogen-bond donors (Lipinski definition) is 1. The molecular weight excluding hydrogens is 268 g/mol. The molecule has 0 aliphatic carbocycles. The van der Waals surface area contributed by atoms with Crippen molar-refractivity contribution in [3.8, 4) is 0 Å². The first kappa shape index (κ1) is 13.3. The summed E-state index contributed by atoms with van der Waals surface area (Å²) in [6.07, 6.45) is 1.06. The Labute approximate surface area is 123 Å². The first-order valence-corrected chi connectivity index (χ1v) is 7.73. The average Bonchev–Trinajstić information content (AvgIpc) is 2.89. The van der Waals surface area contributed by atoms with Crippen LogP contribution in [-0.4, -0.2) is 23.9 Å². The Bertz CT molecular complexity index is 603. The van der Waals surface area contributed by atoms with E-state index in [-0.39, 0.29) is 5.91 Å². The van der Waals surface area contributed by atoms with Crippen molar-refractivity contribution >= 4 is 22.9 Å². The molecule has 1 aliphatic rings. The van der Waals surface area contributed by atoms with Crippen LogP contribution in [0.2, 0.25) is 0 Å². The third-order valence-electron chi connectivity index (χ3n) is 3.59. The fourth-order valence-electron chi connectivity index (χ4n) is 2.48. The first-order chi connectivity index (χ1) is 9.70. The number of fused-ring (bicyclic) bond motifs is 1. The van der Waals surface area contributed by atoms with E-state index >= 15 is 0 Å². The fourth-order valence-corrected chi connectivity index (χ4v) is 3.37. The average molecular weight is 286 g/mol. The van der Waals surface area contributed by atoms with Gasteiger partial charge in [0.05, 0.1) is 6.54 Å². The molecular formula is C16H18N2OS. The van der Waals surface area contributed by atoms with Crippen LogP contribution < -0.4 is 5.32 Å². The van der Waals surface area contributed by atoms with Crippen LogP contribution in [-0.2, 0) is 17.8 Å². The van der Waals surface area contributed by atoms with Gasteiger partial charge >= 0.3 is 0 Å². The van der Waals surface area contributed by atoms with Crippen LogP contribution in [0.15, 0.2) is 35.7 Å². The molecule has 4 heteroatoms. The predicted molar refractivity (Wildman–Crippen MR) is 83.1 cm³/mol. The molecule has 0 saturated carbocycles. The van der Waals surface area contributed by atoms with Gasteiger partial charge in [0.25, 0.3) is 0 Å². The number of thiophene rings is 1. The normalized spacial score (nSPS) is 14.8. The van der Waals surface area contributed by atoms with Gasteiger partial charge in [0, 0.05) is 23.7 Å². The van der Waals surface area contributed by atoms with E-state index < -0.39 is 0 Å². The maximum atomic E-state index is 12.1. The summed E-state index contributed by atoms with van der Waals surface area (Å²) >= 11 is 1.82. The third-order valence-corrected chi connectivity index (χ3v) is 4.61. The Morgan fingerprint density at radius 3 is 2.90 bits per heavy atom. The lowest BCUT2D eigenvalue weighted by Crippen LogP contribution is -2.36. The molecule has 2 heterocycles. The van der Waals surface area contributed by atoms with E-state index in [0.29, 0.717) is 6.54 Å². The Balaban J connectivity index is 1.56. The molecule has 0 fully saturated rings. The van der Waals surface area contributed by atoms with Gasteiger partial charge in [-0.2, -0.15) is 0 Å². The molecule has 3 rings (SSSR count). The number of nitrogens with one attached hydrogen (secondary N) is 1. The second-order valence-corrected chi connectivity index (χ2v) is 6.24. The number of benzene rings is 1. The quantitative estimate of drug-likeness (QED) is 0.940. The number of hydrogen-bond acceptors (Lipinski definition) is 3. The molecule has 0 bridgehead atoms. The third kappa shape index (κ3) is 3.08. The van der Waals surface area contributed by atoms with E-state index in [9.17, 15) is 4.79 Å². The second-order valence-electron chi connectivity index (χ2n) is 5.24. The van der Waals surface area contributed by atoms with Crippen LogP contribution in [0.25, 0.3) is 0 Å². The number of rotatable bonds is 3. The minimum Gasteiger partial charge on any atom is -0.325 e. The van der Waals surface area contributed by atoms with E-state index in [1.54, 1.807) is 0 Å². The minimum absolute atomic E-state index is 0.0625. The number of anilines is 1. The smallest absolute Gasteiger partial charge is 0.238 e. The summed E-state index contributed by atoms with van der Waals surface area (Å²) in [5.41, 5.74) is 3.45. The molecule has 1 aromatic heterocycles. The molecule has 2 aromatic rings. The van der Waals surface area contributed by atoms with Crippen LogP contribution in [0, 0.1) is 6.92 Å². The van der Waals surface area contributed by atoms with Crippen LogP contribution in [0.4, 0.5) is 5.69 Å². The second kappa shape index (κ2) is 5.77. The monoisotopic (exact) mass is 286 g/mol. The van der Waals surface area contributed by atoms with Crippen molar-refractivity contribution in [3.63, 3.8) is 0 Å². The SMILES string of the molecule is Cc1ccc(NC(=O)CN2CCc3sccc3C2)cc1. The first-order valence-electron chi connectivity index (χ1n) is 6.85. The Kier molecular flexibility index (Phi) is 3.85. The lowest BCUT2D eigenvalue weighted by molar-refractivity contribution is -0.117. The molecule has 20 heavy (non-hydrogen) atoms. The van der Waals surface area contributed by atoms with Crippen molar-refractivity contribution < 1.29 is 4.79 Å². The summed E-state index contributed by atoms with van der Waals surface area (Å²) in [5.74, 6) is 0.0625. The van der Waals surface area contributed by atoms with Gasteiger partial charge in [-0.25, -0.2) is 0 Å². The van der Waals surface area contributed by atoms with Gasteiger partial charge in [-0.15, -0.1) is 11.3 Å². The van der Waals surface area contributed by atoms with Crippen molar-refractivity contribution in [2.24, 2.45) is 0 Å². The molecule has 3 nitrogen and oxygen atoms in total. The van der Waals surface area contributed by atoms with E-state index in [1.165, 1.54) is 16.0 Å². The van der Waals surface area contributed by atoms with Gasteiger partial charge in [-0.3, -0.25) is 9.69 Å². The largest absolute Gasteiger partial charge is 0.325 e. The molecule has 1 aromatic carbocycles. The maximum absolute atomic E-state index is 12.1. The molecule has 1 N–H and O–H groups in total. The highest BCUT2D eigenvalue weighted by Gasteiger charge is 2.19. The lowest BCUT2D eigenvalue weighted by Gasteiger charge is -2.26.